The highest BCUT2D eigenvalue weighted by atomic mass is 28.4. The van der Waals surface area contributed by atoms with Gasteiger partial charge < -0.3 is 13.6 Å². The average molecular weight is 563 g/mol. The Labute approximate surface area is 237 Å². The Bertz CT molecular complexity index is 897. The number of hydrogen-bond donors (Lipinski definition) is 0. The fourth-order valence-corrected chi connectivity index (χ4v) is 9.08. The highest BCUT2D eigenvalue weighted by molar-refractivity contribution is 6.74. The van der Waals surface area contributed by atoms with Crippen LogP contribution in [0.5, 0.6) is 0 Å². The zero-order chi connectivity index (χ0) is 28.7. The molecule has 6 atom stereocenters. The molecule has 218 valence electrons. The summed E-state index contributed by atoms with van der Waals surface area (Å²) in [5.74, 6) is 8.44. The molecule has 3 saturated carbocycles. The molecule has 0 aliphatic heterocycles. The molecule has 3 rings (SSSR count). The van der Waals surface area contributed by atoms with E-state index in [1.165, 1.54) is 32.1 Å². The van der Waals surface area contributed by atoms with Crippen LogP contribution in [0.4, 0.5) is 0 Å². The summed E-state index contributed by atoms with van der Waals surface area (Å²) < 4.78 is 20.2. The fourth-order valence-electron chi connectivity index (χ4n) is 6.47. The number of ketones is 1. The van der Waals surface area contributed by atoms with E-state index in [4.69, 9.17) is 13.6 Å². The molecule has 0 aromatic rings. The van der Waals surface area contributed by atoms with E-state index in [9.17, 15) is 4.79 Å². The van der Waals surface area contributed by atoms with Gasteiger partial charge in [-0.25, -0.2) is 0 Å². The molecular weight excluding hydrogens is 505 g/mol. The van der Waals surface area contributed by atoms with E-state index in [2.05, 4.69) is 86.5 Å². The molecule has 0 N–H and O–H groups in total. The molecular formula is C32H58O4Si2. The molecule has 6 heteroatoms. The first-order valence-electron chi connectivity index (χ1n) is 15.4. The summed E-state index contributed by atoms with van der Waals surface area (Å²) in [4.78, 5) is 13.3. The summed E-state index contributed by atoms with van der Waals surface area (Å²) in [6.07, 6.45) is 8.67. The van der Waals surface area contributed by atoms with Gasteiger partial charge in [0.25, 0.3) is 0 Å². The summed E-state index contributed by atoms with van der Waals surface area (Å²) in [6.45, 7) is 25.4. The van der Waals surface area contributed by atoms with Crippen molar-refractivity contribution in [3.05, 3.63) is 0 Å². The second-order valence-corrected chi connectivity index (χ2v) is 25.0. The zero-order valence-electron chi connectivity index (χ0n) is 26.8. The van der Waals surface area contributed by atoms with Crippen molar-refractivity contribution in [3.63, 3.8) is 0 Å². The quantitative estimate of drug-likeness (QED) is 0.231. The molecule has 0 saturated heterocycles. The van der Waals surface area contributed by atoms with Crippen LogP contribution in [-0.2, 0) is 18.4 Å². The van der Waals surface area contributed by atoms with E-state index in [1.54, 1.807) is 7.11 Å². The third kappa shape index (κ3) is 6.08. The van der Waals surface area contributed by atoms with Gasteiger partial charge in [-0.2, -0.15) is 0 Å². The summed E-state index contributed by atoms with van der Waals surface area (Å²) in [5.41, 5.74) is -0.687. The number of hydrogen-bond acceptors (Lipinski definition) is 4. The average Bonchev–Trinajstić information content (AvgIpc) is 2.81. The van der Waals surface area contributed by atoms with Crippen LogP contribution < -0.4 is 0 Å². The van der Waals surface area contributed by atoms with Crippen molar-refractivity contribution >= 4 is 22.4 Å². The van der Waals surface area contributed by atoms with Gasteiger partial charge in [0.05, 0.1) is 12.0 Å². The molecule has 0 aromatic heterocycles. The topological polar surface area (TPSA) is 44.8 Å². The number of methoxy groups -OCH3 is 1. The minimum atomic E-state index is -2.01. The molecule has 0 heterocycles. The second-order valence-electron chi connectivity index (χ2n) is 15.5. The van der Waals surface area contributed by atoms with E-state index >= 15 is 0 Å². The van der Waals surface area contributed by atoms with Crippen molar-refractivity contribution < 1.29 is 18.4 Å². The maximum atomic E-state index is 13.3. The Morgan fingerprint density at radius 3 is 2.03 bits per heavy atom. The number of ether oxygens (including phenoxy) is 1. The van der Waals surface area contributed by atoms with Crippen LogP contribution >= 0.6 is 0 Å². The van der Waals surface area contributed by atoms with E-state index in [-0.39, 0.29) is 45.8 Å². The molecule has 3 fully saturated rings. The van der Waals surface area contributed by atoms with Gasteiger partial charge in [-0.15, -0.1) is 0 Å². The van der Waals surface area contributed by atoms with Crippen molar-refractivity contribution in [2.75, 3.05) is 7.11 Å². The van der Waals surface area contributed by atoms with Gasteiger partial charge in [-0.3, -0.25) is 4.79 Å². The number of rotatable bonds is 7. The highest BCUT2D eigenvalue weighted by Crippen LogP contribution is 2.57. The number of fused-ring (bicyclic) bond motifs is 1. The lowest BCUT2D eigenvalue weighted by atomic mass is 9.49. The Morgan fingerprint density at radius 2 is 1.53 bits per heavy atom. The normalized spacial score (nSPS) is 32.2. The van der Waals surface area contributed by atoms with Gasteiger partial charge >= 0.3 is 0 Å². The maximum Gasteiger partial charge on any atom is 0.193 e. The standard InChI is InChI=1S/C32H58O4Si2/c1-13-24-28-25(19-20-26(23-17-15-14-16-18-23)35-37(9,10)30(2,3)4)27(36-38(11,12)31(5,6)7)21-22-32(28,34-8)29(24)33/h23-28H,13-18,21-22H2,1-12H3/t24?,25-,26+,27+,28+,32+/m1/s1. The monoisotopic (exact) mass is 562 g/mol. The first kappa shape index (κ1) is 32.1. The van der Waals surface area contributed by atoms with Crippen molar-refractivity contribution in [2.45, 2.75) is 154 Å². The van der Waals surface area contributed by atoms with Crippen molar-refractivity contribution in [1.29, 1.82) is 0 Å². The predicted molar refractivity (Wildman–Crippen MR) is 163 cm³/mol. The van der Waals surface area contributed by atoms with Gasteiger partial charge in [0, 0.05) is 18.9 Å². The van der Waals surface area contributed by atoms with Crippen LogP contribution in [0.25, 0.3) is 0 Å². The molecule has 0 spiro atoms. The second kappa shape index (κ2) is 11.4. The molecule has 4 nitrogen and oxygen atoms in total. The van der Waals surface area contributed by atoms with Gasteiger partial charge in [-0.1, -0.05) is 79.6 Å². The van der Waals surface area contributed by atoms with Crippen LogP contribution in [0.2, 0.25) is 36.3 Å². The highest BCUT2D eigenvalue weighted by Gasteiger charge is 2.67. The number of carbonyl (C=O) groups is 1. The Kier molecular flexibility index (Phi) is 9.65. The third-order valence-electron chi connectivity index (χ3n) is 11.1. The minimum Gasteiger partial charge on any atom is -0.413 e. The largest absolute Gasteiger partial charge is 0.413 e. The molecule has 3 aliphatic rings. The van der Waals surface area contributed by atoms with Crippen LogP contribution in [0.1, 0.15) is 99.8 Å². The van der Waals surface area contributed by atoms with Crippen molar-refractivity contribution in [1.82, 2.24) is 0 Å². The van der Waals surface area contributed by atoms with E-state index in [1.807, 2.05) is 0 Å². The molecule has 0 aromatic carbocycles. The Hall–Kier alpha value is -0.456. The SMILES string of the molecule is CCC1C(=O)[C@]2(OC)CC[C@H](O[Si](C)(C)C(C)(C)C)[C@@H](C#C[C@H](O[Si](C)(C)C(C)(C)C)C3CCCCC3)[C@H]12. The number of carbonyl (C=O) groups excluding carboxylic acids is 1. The molecule has 3 aliphatic carbocycles. The zero-order valence-corrected chi connectivity index (χ0v) is 28.8. The predicted octanol–water partition coefficient (Wildman–Crippen LogP) is 8.37. The Morgan fingerprint density at radius 1 is 0.947 bits per heavy atom. The maximum absolute atomic E-state index is 13.3. The van der Waals surface area contributed by atoms with Crippen LogP contribution in [0.3, 0.4) is 0 Å². The first-order valence-corrected chi connectivity index (χ1v) is 21.2. The van der Waals surface area contributed by atoms with Crippen LogP contribution in [0.15, 0.2) is 0 Å². The van der Waals surface area contributed by atoms with Crippen LogP contribution in [-0.4, -0.2) is 47.3 Å². The lowest BCUT2D eigenvalue weighted by molar-refractivity contribution is -0.206. The van der Waals surface area contributed by atoms with Crippen molar-refractivity contribution in [3.8, 4) is 11.8 Å². The lowest BCUT2D eigenvalue weighted by Crippen LogP contribution is -2.70. The lowest BCUT2D eigenvalue weighted by Gasteiger charge is -2.59. The van der Waals surface area contributed by atoms with Gasteiger partial charge in [-0.05, 0) is 74.3 Å². The molecule has 1 unspecified atom stereocenters. The van der Waals surface area contributed by atoms with E-state index < -0.39 is 22.2 Å². The molecule has 0 radical (unpaired) electrons. The molecule has 38 heavy (non-hydrogen) atoms. The fraction of sp³-hybridized carbons (Fsp3) is 0.906. The first-order chi connectivity index (χ1) is 17.4. The van der Waals surface area contributed by atoms with E-state index in [0.717, 1.165) is 19.3 Å². The van der Waals surface area contributed by atoms with Crippen LogP contribution in [0, 0.1) is 35.5 Å². The van der Waals surface area contributed by atoms with Gasteiger partial charge in [0.15, 0.2) is 22.4 Å². The summed E-state index contributed by atoms with van der Waals surface area (Å²) in [7, 11) is -2.28. The van der Waals surface area contributed by atoms with E-state index in [0.29, 0.717) is 5.92 Å². The van der Waals surface area contributed by atoms with Crippen molar-refractivity contribution in [2.24, 2.45) is 23.7 Å². The van der Waals surface area contributed by atoms with Gasteiger partial charge in [0.1, 0.15) is 11.7 Å². The third-order valence-corrected chi connectivity index (χ3v) is 20.0. The Balaban J connectivity index is 2.03. The van der Waals surface area contributed by atoms with Gasteiger partial charge in [0.2, 0.25) is 0 Å². The smallest absolute Gasteiger partial charge is 0.193 e. The summed E-state index contributed by atoms with van der Waals surface area (Å²) in [5, 5.41) is 0.260. The molecule has 0 amide bonds. The minimum absolute atomic E-state index is 0.00502. The molecule has 0 bridgehead atoms. The summed E-state index contributed by atoms with van der Waals surface area (Å²) in [6, 6.07) is 0. The summed E-state index contributed by atoms with van der Waals surface area (Å²) >= 11 is 0. The number of Topliss-reactive ketones (excluding diaryl/α,β-unsaturated/α-hetero) is 1.